The number of phosphoric ester groups is 1. The van der Waals surface area contributed by atoms with E-state index >= 15 is 0 Å². The molecule has 0 aromatic carbocycles. The van der Waals surface area contributed by atoms with Crippen LogP contribution in [0.2, 0.25) is 0 Å². The largest absolute Gasteiger partial charge is 0.472 e. The number of esters is 2. The first-order chi connectivity index (χ1) is 21.0. The van der Waals surface area contributed by atoms with Gasteiger partial charge < -0.3 is 24.6 Å². The van der Waals surface area contributed by atoms with E-state index in [1.165, 1.54) is 57.8 Å². The van der Waals surface area contributed by atoms with Gasteiger partial charge in [-0.2, -0.15) is 0 Å². The van der Waals surface area contributed by atoms with Gasteiger partial charge in [-0.1, -0.05) is 124 Å². The van der Waals surface area contributed by atoms with Gasteiger partial charge in [0.25, 0.3) is 0 Å². The van der Waals surface area contributed by atoms with Crippen molar-refractivity contribution in [3.05, 3.63) is 0 Å². The predicted octanol–water partition coefficient (Wildman–Crippen LogP) is 7.65. The molecular weight excluding hydrogens is 587 g/mol. The van der Waals surface area contributed by atoms with E-state index < -0.39 is 51.8 Å². The van der Waals surface area contributed by atoms with E-state index in [0.29, 0.717) is 12.8 Å². The van der Waals surface area contributed by atoms with Gasteiger partial charge in [0.1, 0.15) is 12.7 Å². The van der Waals surface area contributed by atoms with Gasteiger partial charge in [-0.15, -0.1) is 0 Å². The number of rotatable bonds is 31. The van der Waals surface area contributed by atoms with Crippen LogP contribution in [0.4, 0.5) is 0 Å². The monoisotopic (exact) mass is 652 g/mol. The van der Waals surface area contributed by atoms with Crippen LogP contribution >= 0.6 is 7.82 Å². The molecule has 0 radical (unpaired) electrons. The Hall–Kier alpha value is -1.03. The van der Waals surface area contributed by atoms with Crippen LogP contribution < -0.4 is 0 Å². The number of unbranched alkanes of at least 4 members (excludes halogenated alkanes) is 12. The van der Waals surface area contributed by atoms with E-state index in [0.717, 1.165) is 50.4 Å². The lowest BCUT2D eigenvalue weighted by atomic mass is 9.99. The average Bonchev–Trinajstić information content (AvgIpc) is 2.99. The molecule has 2 unspecified atom stereocenters. The minimum absolute atomic E-state index is 0.187. The van der Waals surface area contributed by atoms with Crippen molar-refractivity contribution in [2.24, 2.45) is 11.8 Å². The molecule has 3 N–H and O–H groups in total. The summed E-state index contributed by atoms with van der Waals surface area (Å²) in [6, 6.07) is 0. The molecule has 0 aromatic heterocycles. The highest BCUT2D eigenvalue weighted by atomic mass is 31.2. The summed E-state index contributed by atoms with van der Waals surface area (Å²) in [5, 5.41) is 18.2. The van der Waals surface area contributed by atoms with Crippen molar-refractivity contribution in [2.75, 3.05) is 26.4 Å². The molecule has 262 valence electrons. The molecule has 0 aliphatic carbocycles. The number of aliphatic hydroxyl groups excluding tert-OH is 2. The highest BCUT2D eigenvalue weighted by molar-refractivity contribution is 7.47. The van der Waals surface area contributed by atoms with Crippen molar-refractivity contribution in [3.8, 4) is 0 Å². The molecule has 0 saturated heterocycles. The van der Waals surface area contributed by atoms with E-state index in [1.54, 1.807) is 0 Å². The SMILES string of the molecule is CCC(C)CCCCCCCCCCC(=O)O[C@H](COC(=O)CCCCCCCCC(C)C)COP(=O)(O)OC[C@@H](O)CO. The second-order valence-corrected chi connectivity index (χ2v) is 14.1. The van der Waals surface area contributed by atoms with Crippen molar-refractivity contribution < 1.29 is 47.8 Å². The summed E-state index contributed by atoms with van der Waals surface area (Å²) >= 11 is 0. The lowest BCUT2D eigenvalue weighted by Crippen LogP contribution is -2.29. The molecule has 0 heterocycles. The Bertz CT molecular complexity index is 748. The molecule has 10 nitrogen and oxygen atoms in total. The third kappa shape index (κ3) is 28.4. The van der Waals surface area contributed by atoms with Crippen LogP contribution in [0.5, 0.6) is 0 Å². The third-order valence-corrected chi connectivity index (χ3v) is 8.68. The molecule has 0 fully saturated rings. The summed E-state index contributed by atoms with van der Waals surface area (Å²) in [7, 11) is -4.60. The van der Waals surface area contributed by atoms with Gasteiger partial charge in [0.05, 0.1) is 19.8 Å². The van der Waals surface area contributed by atoms with E-state index in [9.17, 15) is 24.2 Å². The molecule has 0 bridgehead atoms. The first-order valence-corrected chi connectivity index (χ1v) is 18.7. The van der Waals surface area contributed by atoms with Gasteiger partial charge in [-0.05, 0) is 24.7 Å². The molecule has 4 atom stereocenters. The normalized spacial score (nSPS) is 15.1. The Morgan fingerprint density at radius 2 is 1.16 bits per heavy atom. The zero-order valence-electron chi connectivity index (χ0n) is 28.2. The molecule has 0 amide bonds. The highest BCUT2D eigenvalue weighted by Crippen LogP contribution is 2.43. The maximum Gasteiger partial charge on any atom is 0.472 e. The molecule has 11 heteroatoms. The van der Waals surface area contributed by atoms with Gasteiger partial charge in [0.2, 0.25) is 0 Å². The van der Waals surface area contributed by atoms with E-state index in [1.807, 2.05) is 0 Å². The van der Waals surface area contributed by atoms with Crippen LogP contribution in [0.25, 0.3) is 0 Å². The van der Waals surface area contributed by atoms with Gasteiger partial charge in [-0.25, -0.2) is 4.57 Å². The Kier molecular flexibility index (Phi) is 27.6. The molecular formula is C33H65O10P. The van der Waals surface area contributed by atoms with Crippen LogP contribution in [0.15, 0.2) is 0 Å². The Morgan fingerprint density at radius 3 is 1.68 bits per heavy atom. The number of ether oxygens (including phenoxy) is 2. The van der Waals surface area contributed by atoms with E-state index in [4.69, 9.17) is 19.1 Å². The van der Waals surface area contributed by atoms with Gasteiger partial charge in [0, 0.05) is 12.8 Å². The maximum absolute atomic E-state index is 12.5. The fourth-order valence-corrected chi connectivity index (χ4v) is 5.41. The minimum atomic E-state index is -4.60. The van der Waals surface area contributed by atoms with Crippen LogP contribution in [-0.2, 0) is 32.7 Å². The van der Waals surface area contributed by atoms with Crippen molar-refractivity contribution >= 4 is 19.8 Å². The maximum atomic E-state index is 12.5. The molecule has 0 aromatic rings. The molecule has 44 heavy (non-hydrogen) atoms. The fraction of sp³-hybridized carbons (Fsp3) is 0.939. The van der Waals surface area contributed by atoms with Crippen molar-refractivity contribution in [3.63, 3.8) is 0 Å². The zero-order valence-corrected chi connectivity index (χ0v) is 29.1. The van der Waals surface area contributed by atoms with Crippen LogP contribution in [0.1, 0.15) is 150 Å². The van der Waals surface area contributed by atoms with E-state index in [2.05, 4.69) is 32.2 Å². The second-order valence-electron chi connectivity index (χ2n) is 12.6. The zero-order chi connectivity index (χ0) is 33.1. The summed E-state index contributed by atoms with van der Waals surface area (Å²) in [6.07, 6.45) is 16.8. The molecule has 0 rings (SSSR count). The summed E-state index contributed by atoms with van der Waals surface area (Å²) in [6.45, 7) is 6.89. The number of carbonyl (C=O) groups is 2. The predicted molar refractivity (Wildman–Crippen MR) is 173 cm³/mol. The number of hydrogen-bond acceptors (Lipinski definition) is 9. The third-order valence-electron chi connectivity index (χ3n) is 7.73. The summed E-state index contributed by atoms with van der Waals surface area (Å²) < 4.78 is 32.4. The van der Waals surface area contributed by atoms with Gasteiger partial charge in [-0.3, -0.25) is 18.6 Å². The fourth-order valence-electron chi connectivity index (χ4n) is 4.62. The summed E-state index contributed by atoms with van der Waals surface area (Å²) in [5.41, 5.74) is 0. The lowest BCUT2D eigenvalue weighted by molar-refractivity contribution is -0.161. The Balaban J connectivity index is 4.44. The summed E-state index contributed by atoms with van der Waals surface area (Å²) in [4.78, 5) is 34.6. The smallest absolute Gasteiger partial charge is 0.462 e. The molecule has 0 spiro atoms. The lowest BCUT2D eigenvalue weighted by Gasteiger charge is -2.20. The van der Waals surface area contributed by atoms with Crippen molar-refractivity contribution in [1.82, 2.24) is 0 Å². The average molecular weight is 653 g/mol. The Morgan fingerprint density at radius 1 is 0.682 bits per heavy atom. The summed E-state index contributed by atoms with van der Waals surface area (Å²) in [5.74, 6) is 0.606. The van der Waals surface area contributed by atoms with Crippen LogP contribution in [0.3, 0.4) is 0 Å². The second kappa shape index (κ2) is 28.2. The Labute approximate surface area is 267 Å². The number of carbonyl (C=O) groups excluding carboxylic acids is 2. The molecule has 0 saturated carbocycles. The standard InChI is InChI=1S/C33H65O10P/c1-5-29(4)21-17-13-8-6-7-9-15-19-23-33(37)43-31(27-42-44(38,39)41-25-30(35)24-34)26-40-32(36)22-18-14-11-10-12-16-20-28(2)3/h28-31,34-35H,5-27H2,1-4H3,(H,38,39)/t29?,30-,31+/m0/s1. The number of phosphoric acid groups is 1. The van der Waals surface area contributed by atoms with Gasteiger partial charge in [0.15, 0.2) is 6.10 Å². The first-order valence-electron chi connectivity index (χ1n) is 17.2. The molecule has 0 aliphatic heterocycles. The van der Waals surface area contributed by atoms with Gasteiger partial charge >= 0.3 is 19.8 Å². The van der Waals surface area contributed by atoms with Crippen molar-refractivity contribution in [1.29, 1.82) is 0 Å². The highest BCUT2D eigenvalue weighted by Gasteiger charge is 2.27. The number of hydrogen-bond donors (Lipinski definition) is 3. The quantitative estimate of drug-likeness (QED) is 0.0387. The number of aliphatic hydroxyl groups is 2. The topological polar surface area (TPSA) is 149 Å². The molecule has 0 aliphatic rings. The first kappa shape index (κ1) is 43.0. The van der Waals surface area contributed by atoms with Crippen LogP contribution in [0, 0.1) is 11.8 Å². The van der Waals surface area contributed by atoms with Crippen LogP contribution in [-0.4, -0.2) is 65.7 Å². The van der Waals surface area contributed by atoms with Crippen molar-refractivity contribution in [2.45, 2.75) is 162 Å². The van der Waals surface area contributed by atoms with E-state index in [-0.39, 0.29) is 19.4 Å². The minimum Gasteiger partial charge on any atom is -0.462 e.